The van der Waals surface area contributed by atoms with Gasteiger partial charge in [-0.25, -0.2) is 17.5 Å². The van der Waals surface area contributed by atoms with Crippen molar-refractivity contribution in [2.45, 2.75) is 17.4 Å². The van der Waals surface area contributed by atoms with Gasteiger partial charge in [0, 0.05) is 11.4 Å². The molecule has 1 atom stereocenters. The molecule has 1 aromatic heterocycles. The Bertz CT molecular complexity index is 656. The minimum absolute atomic E-state index is 0.0374. The van der Waals surface area contributed by atoms with Crippen LogP contribution in [0.15, 0.2) is 46.7 Å². The minimum atomic E-state index is -3.89. The van der Waals surface area contributed by atoms with Crippen LogP contribution < -0.4 is 4.72 Å². The van der Waals surface area contributed by atoms with Crippen LogP contribution in [0, 0.1) is 5.82 Å². The molecule has 0 saturated carbocycles. The van der Waals surface area contributed by atoms with E-state index in [4.69, 9.17) is 0 Å². The van der Waals surface area contributed by atoms with E-state index in [-0.39, 0.29) is 17.9 Å². The Labute approximate surface area is 120 Å². The highest BCUT2D eigenvalue weighted by atomic mass is 32.2. The average Bonchev–Trinajstić information content (AvgIpc) is 2.92. The highest BCUT2D eigenvalue weighted by Crippen LogP contribution is 2.21. The zero-order chi connectivity index (χ0) is 14.6. The molecule has 2 rings (SSSR count). The van der Waals surface area contributed by atoms with Crippen molar-refractivity contribution in [1.82, 2.24) is 4.72 Å². The summed E-state index contributed by atoms with van der Waals surface area (Å²) in [4.78, 5) is 0.390. The Morgan fingerprint density at radius 3 is 2.65 bits per heavy atom. The number of hydrogen-bond donors (Lipinski definition) is 2. The van der Waals surface area contributed by atoms with Gasteiger partial charge in [-0.1, -0.05) is 18.2 Å². The predicted octanol–water partition coefficient (Wildman–Crippen LogP) is 2.29. The van der Waals surface area contributed by atoms with Gasteiger partial charge >= 0.3 is 0 Å². The number of aliphatic hydroxyl groups is 1. The molecule has 0 aliphatic carbocycles. The van der Waals surface area contributed by atoms with E-state index in [9.17, 15) is 17.9 Å². The second kappa shape index (κ2) is 6.45. The fraction of sp³-hybridized carbons (Fsp3) is 0.231. The SMILES string of the molecule is O=S(=O)(NCCC(O)c1cccs1)c1ccccc1F. The molecule has 1 aromatic carbocycles. The molecule has 2 aromatic rings. The van der Waals surface area contributed by atoms with E-state index in [2.05, 4.69) is 4.72 Å². The van der Waals surface area contributed by atoms with Crippen LogP contribution in [-0.4, -0.2) is 20.1 Å². The Morgan fingerprint density at radius 1 is 1.25 bits per heavy atom. The molecule has 0 radical (unpaired) electrons. The third-order valence-electron chi connectivity index (χ3n) is 2.71. The Morgan fingerprint density at radius 2 is 2.00 bits per heavy atom. The smallest absolute Gasteiger partial charge is 0.243 e. The molecule has 0 aliphatic heterocycles. The fourth-order valence-electron chi connectivity index (χ4n) is 1.69. The molecule has 1 unspecified atom stereocenters. The van der Waals surface area contributed by atoms with Crippen molar-refractivity contribution in [1.29, 1.82) is 0 Å². The topological polar surface area (TPSA) is 66.4 Å². The number of sulfonamides is 1. The standard InChI is InChI=1S/C13H14FNO3S2/c14-10-4-1-2-6-13(10)20(17,18)15-8-7-11(16)12-5-3-9-19-12/h1-6,9,11,15-16H,7-8H2. The van der Waals surface area contributed by atoms with Crippen LogP contribution in [0.5, 0.6) is 0 Å². The number of benzene rings is 1. The molecule has 108 valence electrons. The maximum atomic E-state index is 13.4. The lowest BCUT2D eigenvalue weighted by Crippen LogP contribution is -2.26. The number of aliphatic hydroxyl groups excluding tert-OH is 1. The van der Waals surface area contributed by atoms with Crippen LogP contribution in [0.4, 0.5) is 4.39 Å². The van der Waals surface area contributed by atoms with Crippen LogP contribution in [0.2, 0.25) is 0 Å². The zero-order valence-electron chi connectivity index (χ0n) is 10.5. The summed E-state index contributed by atoms with van der Waals surface area (Å²) in [5.41, 5.74) is 0. The summed E-state index contributed by atoms with van der Waals surface area (Å²) in [5, 5.41) is 11.7. The predicted molar refractivity (Wildman–Crippen MR) is 75.5 cm³/mol. The quantitative estimate of drug-likeness (QED) is 0.859. The van der Waals surface area contributed by atoms with Crippen LogP contribution in [-0.2, 0) is 10.0 Å². The minimum Gasteiger partial charge on any atom is -0.388 e. The first-order chi connectivity index (χ1) is 9.50. The van der Waals surface area contributed by atoms with Crippen LogP contribution >= 0.6 is 11.3 Å². The lowest BCUT2D eigenvalue weighted by atomic mass is 10.2. The molecule has 1 heterocycles. The molecule has 2 N–H and O–H groups in total. The highest BCUT2D eigenvalue weighted by molar-refractivity contribution is 7.89. The molecule has 4 nitrogen and oxygen atoms in total. The number of rotatable bonds is 6. The number of thiophene rings is 1. The van der Waals surface area contributed by atoms with E-state index in [1.807, 2.05) is 11.4 Å². The Hall–Kier alpha value is -1.28. The monoisotopic (exact) mass is 315 g/mol. The maximum absolute atomic E-state index is 13.4. The third-order valence-corrected chi connectivity index (χ3v) is 5.18. The highest BCUT2D eigenvalue weighted by Gasteiger charge is 2.18. The van der Waals surface area contributed by atoms with Gasteiger partial charge in [-0.05, 0) is 30.0 Å². The van der Waals surface area contributed by atoms with Gasteiger partial charge in [-0.15, -0.1) is 11.3 Å². The molecule has 0 amide bonds. The van der Waals surface area contributed by atoms with Gasteiger partial charge in [0.2, 0.25) is 10.0 Å². The van der Waals surface area contributed by atoms with E-state index in [1.54, 1.807) is 6.07 Å². The summed E-state index contributed by atoms with van der Waals surface area (Å²) in [6.45, 7) is 0.0374. The molecular weight excluding hydrogens is 301 g/mol. The van der Waals surface area contributed by atoms with Gasteiger partial charge in [0.05, 0.1) is 6.10 Å². The van der Waals surface area contributed by atoms with Gasteiger partial charge in [-0.3, -0.25) is 0 Å². The molecule has 7 heteroatoms. The van der Waals surface area contributed by atoms with E-state index >= 15 is 0 Å². The van der Waals surface area contributed by atoms with Gasteiger partial charge in [-0.2, -0.15) is 0 Å². The molecule has 0 spiro atoms. The van der Waals surface area contributed by atoms with Crippen LogP contribution in [0.25, 0.3) is 0 Å². The second-order valence-electron chi connectivity index (χ2n) is 4.15. The van der Waals surface area contributed by atoms with E-state index in [0.717, 1.165) is 10.9 Å². The van der Waals surface area contributed by atoms with Crippen molar-refractivity contribution in [3.63, 3.8) is 0 Å². The van der Waals surface area contributed by atoms with Crippen molar-refractivity contribution in [3.8, 4) is 0 Å². The summed E-state index contributed by atoms with van der Waals surface area (Å²) in [5.74, 6) is -0.793. The summed E-state index contributed by atoms with van der Waals surface area (Å²) in [6.07, 6.45) is -0.493. The molecule has 0 fully saturated rings. The van der Waals surface area contributed by atoms with Crippen molar-refractivity contribution < 1.29 is 17.9 Å². The van der Waals surface area contributed by atoms with Gasteiger partial charge in [0.15, 0.2) is 0 Å². The lowest BCUT2D eigenvalue weighted by Gasteiger charge is -2.10. The van der Waals surface area contributed by atoms with E-state index < -0.39 is 21.9 Å². The Balaban J connectivity index is 1.95. The van der Waals surface area contributed by atoms with Gasteiger partial charge < -0.3 is 5.11 Å². The lowest BCUT2D eigenvalue weighted by molar-refractivity contribution is 0.173. The first kappa shape index (κ1) is 15.1. The summed E-state index contributed by atoms with van der Waals surface area (Å²) in [7, 11) is -3.89. The summed E-state index contributed by atoms with van der Waals surface area (Å²) >= 11 is 1.40. The zero-order valence-corrected chi connectivity index (χ0v) is 12.1. The van der Waals surface area contributed by atoms with Crippen molar-refractivity contribution in [3.05, 3.63) is 52.5 Å². The van der Waals surface area contributed by atoms with E-state index in [0.29, 0.717) is 0 Å². The molecule has 0 bridgehead atoms. The fourth-order valence-corrected chi connectivity index (χ4v) is 3.56. The average molecular weight is 315 g/mol. The van der Waals surface area contributed by atoms with E-state index in [1.165, 1.54) is 29.5 Å². The first-order valence-corrected chi connectivity index (χ1v) is 8.32. The van der Waals surface area contributed by atoms with Crippen LogP contribution in [0.1, 0.15) is 17.4 Å². The van der Waals surface area contributed by atoms with Gasteiger partial charge in [0.25, 0.3) is 0 Å². The molecule has 0 saturated heterocycles. The van der Waals surface area contributed by atoms with Crippen molar-refractivity contribution in [2.75, 3.05) is 6.54 Å². The Kier molecular flexibility index (Phi) is 4.87. The molecule has 20 heavy (non-hydrogen) atoms. The maximum Gasteiger partial charge on any atom is 0.243 e. The molecular formula is C13H14FNO3S2. The largest absolute Gasteiger partial charge is 0.388 e. The van der Waals surface area contributed by atoms with Crippen LogP contribution in [0.3, 0.4) is 0 Å². The number of nitrogens with one attached hydrogen (secondary N) is 1. The number of halogens is 1. The van der Waals surface area contributed by atoms with Crippen molar-refractivity contribution in [2.24, 2.45) is 0 Å². The van der Waals surface area contributed by atoms with Gasteiger partial charge in [0.1, 0.15) is 10.7 Å². The summed E-state index contributed by atoms with van der Waals surface area (Å²) < 4.78 is 39.5. The van der Waals surface area contributed by atoms with Crippen molar-refractivity contribution >= 4 is 21.4 Å². The normalized spacial score (nSPS) is 13.3. The second-order valence-corrected chi connectivity index (χ2v) is 6.86. The number of hydrogen-bond acceptors (Lipinski definition) is 4. The first-order valence-electron chi connectivity index (χ1n) is 5.96. The summed E-state index contributed by atoms with van der Waals surface area (Å²) in [6, 6.07) is 8.77. The third kappa shape index (κ3) is 3.63. The molecule has 0 aliphatic rings.